The number of rotatable bonds is 6. The highest BCUT2D eigenvalue weighted by molar-refractivity contribution is 5.97. The number of hydrogen-bond donors (Lipinski definition) is 1. The van der Waals surface area contributed by atoms with E-state index in [0.717, 1.165) is 22.3 Å². The van der Waals surface area contributed by atoms with Crippen molar-refractivity contribution in [3.05, 3.63) is 66.4 Å². The second-order valence-corrected chi connectivity index (χ2v) is 5.20. The summed E-state index contributed by atoms with van der Waals surface area (Å²) in [7, 11) is 1.61. The van der Waals surface area contributed by atoms with Gasteiger partial charge in [-0.15, -0.1) is 0 Å². The molecule has 1 N–H and O–H groups in total. The molecular formula is C19H18N2O2. The molecule has 116 valence electrons. The lowest BCUT2D eigenvalue weighted by atomic mass is 10.1. The Morgan fingerprint density at radius 2 is 1.91 bits per heavy atom. The van der Waals surface area contributed by atoms with Gasteiger partial charge in [-0.3, -0.25) is 9.78 Å². The van der Waals surface area contributed by atoms with Gasteiger partial charge in [0.1, 0.15) is 5.75 Å². The number of ether oxygens (including phenoxy) is 1. The average molecular weight is 306 g/mol. The van der Waals surface area contributed by atoms with Crippen molar-refractivity contribution >= 4 is 22.4 Å². The molecule has 4 nitrogen and oxygen atoms in total. The Hall–Kier alpha value is -2.88. The number of methoxy groups -OCH3 is 1. The van der Waals surface area contributed by atoms with Gasteiger partial charge in [0.25, 0.3) is 0 Å². The molecule has 3 rings (SSSR count). The highest BCUT2D eigenvalue weighted by atomic mass is 16.5. The molecule has 1 heterocycles. The van der Waals surface area contributed by atoms with Crippen LogP contribution in [0.15, 0.2) is 60.8 Å². The molecule has 0 saturated carbocycles. The Morgan fingerprint density at radius 1 is 1.09 bits per heavy atom. The Balaban J connectivity index is 1.63. The summed E-state index contributed by atoms with van der Waals surface area (Å²) in [5.74, 6) is 0.862. The quantitative estimate of drug-likeness (QED) is 0.701. The fraction of sp³-hybridized carbons (Fsp3) is 0.158. The first-order valence-electron chi connectivity index (χ1n) is 7.53. The van der Waals surface area contributed by atoms with Gasteiger partial charge in [0.15, 0.2) is 5.78 Å². The zero-order chi connectivity index (χ0) is 16.1. The molecule has 23 heavy (non-hydrogen) atoms. The van der Waals surface area contributed by atoms with Crippen molar-refractivity contribution in [2.24, 2.45) is 0 Å². The summed E-state index contributed by atoms with van der Waals surface area (Å²) in [6.07, 6.45) is 2.21. The van der Waals surface area contributed by atoms with Gasteiger partial charge in [0.2, 0.25) is 0 Å². The number of nitrogens with one attached hydrogen (secondary N) is 1. The maximum atomic E-state index is 12.2. The first-order valence-corrected chi connectivity index (χ1v) is 7.53. The minimum atomic E-state index is 0.110. The number of ketones is 1. The molecule has 0 fully saturated rings. The normalized spacial score (nSPS) is 10.5. The monoisotopic (exact) mass is 306 g/mol. The van der Waals surface area contributed by atoms with Crippen LogP contribution < -0.4 is 10.1 Å². The Bertz CT molecular complexity index is 808. The summed E-state index contributed by atoms with van der Waals surface area (Å²) in [5, 5.41) is 4.39. The van der Waals surface area contributed by atoms with Gasteiger partial charge in [-0.2, -0.15) is 0 Å². The van der Waals surface area contributed by atoms with E-state index in [1.807, 2.05) is 30.3 Å². The first kappa shape index (κ1) is 15.0. The van der Waals surface area contributed by atoms with Crippen molar-refractivity contribution in [3.8, 4) is 5.75 Å². The molecule has 0 amide bonds. The van der Waals surface area contributed by atoms with E-state index in [-0.39, 0.29) is 5.78 Å². The lowest BCUT2D eigenvalue weighted by molar-refractivity contribution is 0.0986. The predicted molar refractivity (Wildman–Crippen MR) is 92.2 cm³/mol. The van der Waals surface area contributed by atoms with Gasteiger partial charge in [0.05, 0.1) is 12.6 Å². The maximum Gasteiger partial charge on any atom is 0.164 e. The second kappa shape index (κ2) is 6.92. The molecule has 0 aliphatic carbocycles. The molecular weight excluding hydrogens is 288 g/mol. The van der Waals surface area contributed by atoms with Crippen LogP contribution in [0.25, 0.3) is 10.9 Å². The molecule has 0 spiro atoms. The molecule has 1 aromatic heterocycles. The van der Waals surface area contributed by atoms with Crippen molar-refractivity contribution in [2.75, 3.05) is 19.0 Å². The van der Waals surface area contributed by atoms with E-state index in [1.54, 1.807) is 37.6 Å². The first-order chi connectivity index (χ1) is 11.3. The van der Waals surface area contributed by atoms with Crippen molar-refractivity contribution < 1.29 is 9.53 Å². The molecule has 4 heteroatoms. The van der Waals surface area contributed by atoms with E-state index in [1.165, 1.54) is 0 Å². The van der Waals surface area contributed by atoms with Crippen LogP contribution in [0, 0.1) is 0 Å². The third-order valence-corrected chi connectivity index (χ3v) is 3.73. The summed E-state index contributed by atoms with van der Waals surface area (Å²) >= 11 is 0. The number of nitrogens with zero attached hydrogens (tertiary/aromatic N) is 1. The number of pyridine rings is 1. The molecule has 0 aliphatic heterocycles. The topological polar surface area (TPSA) is 51.2 Å². The highest BCUT2D eigenvalue weighted by Gasteiger charge is 2.06. The van der Waals surface area contributed by atoms with Gasteiger partial charge < -0.3 is 10.1 Å². The van der Waals surface area contributed by atoms with E-state index < -0.39 is 0 Å². The molecule has 0 saturated heterocycles. The number of carbonyl (C=O) groups is 1. The minimum Gasteiger partial charge on any atom is -0.497 e. The van der Waals surface area contributed by atoms with E-state index in [0.29, 0.717) is 18.5 Å². The van der Waals surface area contributed by atoms with Gasteiger partial charge in [-0.1, -0.05) is 6.07 Å². The van der Waals surface area contributed by atoms with Crippen LogP contribution in [0.4, 0.5) is 5.69 Å². The zero-order valence-electron chi connectivity index (χ0n) is 13.0. The third kappa shape index (κ3) is 3.48. The van der Waals surface area contributed by atoms with E-state index in [4.69, 9.17) is 4.74 Å². The summed E-state index contributed by atoms with van der Waals surface area (Å²) in [6, 6.07) is 17.1. The largest absolute Gasteiger partial charge is 0.497 e. The van der Waals surface area contributed by atoms with Gasteiger partial charge in [-0.25, -0.2) is 0 Å². The van der Waals surface area contributed by atoms with Crippen LogP contribution >= 0.6 is 0 Å². The summed E-state index contributed by atoms with van der Waals surface area (Å²) in [6.45, 7) is 0.582. The fourth-order valence-electron chi connectivity index (χ4n) is 2.49. The summed E-state index contributed by atoms with van der Waals surface area (Å²) in [4.78, 5) is 16.5. The number of fused-ring (bicyclic) bond motifs is 1. The van der Waals surface area contributed by atoms with Crippen LogP contribution in [0.2, 0.25) is 0 Å². The predicted octanol–water partition coefficient (Wildman–Crippen LogP) is 3.93. The van der Waals surface area contributed by atoms with Crippen molar-refractivity contribution in [3.63, 3.8) is 0 Å². The molecule has 0 unspecified atom stereocenters. The van der Waals surface area contributed by atoms with Crippen LogP contribution in [0.3, 0.4) is 0 Å². The Labute approximate surface area is 135 Å². The SMILES string of the molecule is COc1ccc(C(=O)CCNc2cccc3ncccc23)cc1. The van der Waals surface area contributed by atoms with Crippen LogP contribution in [0.5, 0.6) is 5.75 Å². The fourth-order valence-corrected chi connectivity index (χ4v) is 2.49. The summed E-state index contributed by atoms with van der Waals surface area (Å²) in [5.41, 5.74) is 2.64. The smallest absolute Gasteiger partial charge is 0.164 e. The molecule has 0 bridgehead atoms. The highest BCUT2D eigenvalue weighted by Crippen LogP contribution is 2.21. The van der Waals surface area contributed by atoms with E-state index in [9.17, 15) is 4.79 Å². The Kier molecular flexibility index (Phi) is 4.52. The van der Waals surface area contributed by atoms with E-state index in [2.05, 4.69) is 10.3 Å². The molecule has 0 atom stereocenters. The molecule has 2 aromatic carbocycles. The number of benzene rings is 2. The van der Waals surface area contributed by atoms with Crippen LogP contribution in [0.1, 0.15) is 16.8 Å². The van der Waals surface area contributed by atoms with E-state index >= 15 is 0 Å². The lowest BCUT2D eigenvalue weighted by Gasteiger charge is -2.09. The number of aromatic nitrogens is 1. The maximum absolute atomic E-state index is 12.2. The number of hydrogen-bond acceptors (Lipinski definition) is 4. The summed E-state index contributed by atoms with van der Waals surface area (Å²) < 4.78 is 5.10. The number of anilines is 1. The second-order valence-electron chi connectivity index (χ2n) is 5.20. The van der Waals surface area contributed by atoms with Gasteiger partial charge in [-0.05, 0) is 48.5 Å². The average Bonchev–Trinajstić information content (AvgIpc) is 2.62. The van der Waals surface area contributed by atoms with Gasteiger partial charge in [0, 0.05) is 35.8 Å². The van der Waals surface area contributed by atoms with Crippen molar-refractivity contribution in [2.45, 2.75) is 6.42 Å². The molecule has 3 aromatic rings. The van der Waals surface area contributed by atoms with Crippen LogP contribution in [-0.2, 0) is 0 Å². The standard InChI is InChI=1S/C19H18N2O2/c1-23-15-9-7-14(8-10-15)19(22)11-13-21-18-6-2-5-17-16(18)4-3-12-20-17/h2-10,12,21H,11,13H2,1H3. The van der Waals surface area contributed by atoms with Gasteiger partial charge >= 0.3 is 0 Å². The molecule has 0 radical (unpaired) electrons. The minimum absolute atomic E-state index is 0.110. The number of Topliss-reactive ketones (excluding diaryl/α,β-unsaturated/α-hetero) is 1. The molecule has 0 aliphatic rings. The Morgan fingerprint density at radius 3 is 2.70 bits per heavy atom. The van der Waals surface area contributed by atoms with Crippen molar-refractivity contribution in [1.29, 1.82) is 0 Å². The lowest BCUT2D eigenvalue weighted by Crippen LogP contribution is -2.09. The zero-order valence-corrected chi connectivity index (χ0v) is 13.0. The third-order valence-electron chi connectivity index (χ3n) is 3.73. The van der Waals surface area contributed by atoms with Crippen LogP contribution in [-0.4, -0.2) is 24.4 Å². The van der Waals surface area contributed by atoms with Crippen molar-refractivity contribution in [1.82, 2.24) is 4.98 Å². The number of carbonyl (C=O) groups excluding carboxylic acids is 1.